The topological polar surface area (TPSA) is 132 Å². The molecule has 0 atom stereocenters. The monoisotopic (exact) mass is 343 g/mol. The van der Waals surface area contributed by atoms with Crippen molar-refractivity contribution in [2.45, 2.75) is 6.54 Å². The van der Waals surface area contributed by atoms with Crippen molar-refractivity contribution in [1.29, 1.82) is 0 Å². The lowest BCUT2D eigenvalue weighted by Crippen LogP contribution is -2.31. The van der Waals surface area contributed by atoms with E-state index in [2.05, 4.69) is 20.7 Å². The average Bonchev–Trinajstić information content (AvgIpc) is 3.28. The van der Waals surface area contributed by atoms with Crippen LogP contribution in [0.3, 0.4) is 0 Å². The summed E-state index contributed by atoms with van der Waals surface area (Å²) in [6.45, 7) is 0.391. The van der Waals surface area contributed by atoms with E-state index >= 15 is 0 Å². The number of carbonyl (C=O) groups is 2. The Morgan fingerprint density at radius 1 is 1.16 bits per heavy atom. The molecule has 3 rings (SSSR count). The molecular formula is C15H13N5O5. The van der Waals surface area contributed by atoms with Crippen LogP contribution in [0.25, 0.3) is 0 Å². The van der Waals surface area contributed by atoms with Crippen LogP contribution >= 0.6 is 0 Å². The van der Waals surface area contributed by atoms with Gasteiger partial charge in [0, 0.05) is 18.8 Å². The van der Waals surface area contributed by atoms with Gasteiger partial charge in [-0.05, 0) is 18.2 Å². The first-order valence-electron chi connectivity index (χ1n) is 7.24. The first kappa shape index (κ1) is 16.2. The zero-order valence-electron chi connectivity index (χ0n) is 12.8. The fourth-order valence-electron chi connectivity index (χ4n) is 1.92. The number of furan rings is 1. The van der Waals surface area contributed by atoms with Gasteiger partial charge in [-0.3, -0.25) is 19.7 Å². The van der Waals surface area contributed by atoms with Crippen LogP contribution in [0.2, 0.25) is 0 Å². The predicted molar refractivity (Wildman–Crippen MR) is 84.0 cm³/mol. The normalized spacial score (nSPS) is 10.4. The molecule has 128 valence electrons. The number of nitrogens with zero attached hydrogens (tertiary/aromatic N) is 3. The Morgan fingerprint density at radius 2 is 2.04 bits per heavy atom. The molecular weight excluding hydrogens is 330 g/mol. The fourth-order valence-corrected chi connectivity index (χ4v) is 1.92. The van der Waals surface area contributed by atoms with Crippen LogP contribution in [-0.4, -0.2) is 33.1 Å². The maximum absolute atomic E-state index is 12.0. The van der Waals surface area contributed by atoms with Crippen molar-refractivity contribution in [1.82, 2.24) is 20.1 Å². The first-order chi connectivity index (χ1) is 12.1. The largest absolute Gasteiger partial charge is 0.459 e. The van der Waals surface area contributed by atoms with Crippen LogP contribution in [0.1, 0.15) is 21.0 Å². The molecule has 0 aromatic carbocycles. The lowest BCUT2D eigenvalue weighted by Gasteiger charge is -2.04. The second-order valence-electron chi connectivity index (χ2n) is 4.81. The van der Waals surface area contributed by atoms with Crippen LogP contribution < -0.4 is 16.2 Å². The number of nitrogens with one attached hydrogen (secondary N) is 2. The van der Waals surface area contributed by atoms with Gasteiger partial charge in [0.15, 0.2) is 11.5 Å². The van der Waals surface area contributed by atoms with E-state index in [4.69, 9.17) is 8.83 Å². The number of rotatable bonds is 6. The van der Waals surface area contributed by atoms with Crippen molar-refractivity contribution in [2.24, 2.45) is 0 Å². The van der Waals surface area contributed by atoms with Crippen LogP contribution in [0.15, 0.2) is 56.6 Å². The highest BCUT2D eigenvalue weighted by Gasteiger charge is 2.15. The molecule has 0 aliphatic rings. The van der Waals surface area contributed by atoms with Crippen molar-refractivity contribution in [3.63, 3.8) is 0 Å². The van der Waals surface area contributed by atoms with Crippen molar-refractivity contribution >= 4 is 17.8 Å². The summed E-state index contributed by atoms with van der Waals surface area (Å²) >= 11 is 0. The summed E-state index contributed by atoms with van der Waals surface area (Å²) in [6.07, 6.45) is 3.95. The molecule has 0 unspecified atom stereocenters. The molecule has 2 N–H and O–H groups in total. The molecule has 0 fully saturated rings. The van der Waals surface area contributed by atoms with Gasteiger partial charge < -0.3 is 14.2 Å². The number of anilines is 1. The van der Waals surface area contributed by atoms with Crippen LogP contribution in [0.4, 0.5) is 6.01 Å². The summed E-state index contributed by atoms with van der Waals surface area (Å²) in [5, 5.41) is 8.81. The van der Waals surface area contributed by atoms with E-state index in [1.54, 1.807) is 6.07 Å². The summed E-state index contributed by atoms with van der Waals surface area (Å²) in [6, 6.07) is 5.82. The number of amides is 2. The Morgan fingerprint density at radius 3 is 2.80 bits per heavy atom. The van der Waals surface area contributed by atoms with Gasteiger partial charge in [-0.2, -0.15) is 10.1 Å². The molecule has 3 aromatic heterocycles. The van der Waals surface area contributed by atoms with Gasteiger partial charge in [0.1, 0.15) is 6.26 Å². The standard InChI is InChI=1S/C15H13N5O5/c21-12-4-1-5-17-20(12)7-6-16-13(22)10-9-25-15(18-10)19-14(23)11-3-2-8-24-11/h1-5,8-9H,6-7H2,(H,16,22)(H,18,19,23). The minimum atomic E-state index is -0.548. The highest BCUT2D eigenvalue weighted by atomic mass is 16.4. The lowest BCUT2D eigenvalue weighted by atomic mass is 10.4. The van der Waals surface area contributed by atoms with E-state index in [0.717, 1.165) is 6.26 Å². The maximum Gasteiger partial charge on any atom is 0.302 e. The lowest BCUT2D eigenvalue weighted by molar-refractivity contribution is 0.0945. The highest BCUT2D eigenvalue weighted by molar-refractivity contribution is 6.01. The molecule has 0 saturated carbocycles. The van der Waals surface area contributed by atoms with Gasteiger partial charge in [0.05, 0.1) is 12.8 Å². The van der Waals surface area contributed by atoms with Gasteiger partial charge in [-0.15, -0.1) is 0 Å². The Kier molecular flexibility index (Phi) is 4.69. The molecule has 25 heavy (non-hydrogen) atoms. The molecule has 0 aliphatic heterocycles. The SMILES string of the molecule is O=C(NCCn1ncccc1=O)c1coc(NC(=O)c2ccco2)n1. The van der Waals surface area contributed by atoms with Crippen molar-refractivity contribution < 1.29 is 18.4 Å². The highest BCUT2D eigenvalue weighted by Crippen LogP contribution is 2.10. The second kappa shape index (κ2) is 7.25. The van der Waals surface area contributed by atoms with Crippen LogP contribution in [0, 0.1) is 0 Å². The predicted octanol–water partition coefficient (Wildman–Crippen LogP) is 0.507. The van der Waals surface area contributed by atoms with Crippen molar-refractivity contribution in [3.8, 4) is 0 Å². The Balaban J connectivity index is 1.53. The molecule has 0 spiro atoms. The van der Waals surface area contributed by atoms with E-state index in [0.29, 0.717) is 0 Å². The van der Waals surface area contributed by atoms with E-state index in [9.17, 15) is 14.4 Å². The van der Waals surface area contributed by atoms with Crippen molar-refractivity contribution in [3.05, 3.63) is 64.8 Å². The van der Waals surface area contributed by atoms with Crippen LogP contribution in [-0.2, 0) is 6.54 Å². The third kappa shape index (κ3) is 3.99. The maximum atomic E-state index is 12.0. The van der Waals surface area contributed by atoms with E-state index in [1.807, 2.05) is 0 Å². The third-order valence-corrected chi connectivity index (χ3v) is 3.10. The van der Waals surface area contributed by atoms with Gasteiger partial charge in [-0.25, -0.2) is 4.68 Å². The Hall–Kier alpha value is -3.69. The summed E-state index contributed by atoms with van der Waals surface area (Å²) in [4.78, 5) is 39.1. The molecule has 3 heterocycles. The smallest absolute Gasteiger partial charge is 0.302 e. The zero-order chi connectivity index (χ0) is 17.6. The summed E-state index contributed by atoms with van der Waals surface area (Å²) in [7, 11) is 0. The van der Waals surface area contributed by atoms with Gasteiger partial charge >= 0.3 is 6.01 Å². The van der Waals surface area contributed by atoms with Gasteiger partial charge in [0.2, 0.25) is 0 Å². The Labute approximate surface area is 140 Å². The molecule has 0 saturated heterocycles. The molecule has 10 heteroatoms. The minimum Gasteiger partial charge on any atom is -0.459 e. The van der Waals surface area contributed by atoms with E-state index in [-0.39, 0.29) is 36.1 Å². The first-order valence-corrected chi connectivity index (χ1v) is 7.24. The quantitative estimate of drug-likeness (QED) is 0.666. The summed E-state index contributed by atoms with van der Waals surface area (Å²) in [5.74, 6) is -0.968. The molecule has 0 radical (unpaired) electrons. The van der Waals surface area contributed by atoms with Gasteiger partial charge in [-0.1, -0.05) is 0 Å². The number of aromatic nitrogens is 3. The Bertz CT molecular complexity index is 928. The molecule has 0 bridgehead atoms. The number of carbonyl (C=O) groups excluding carboxylic acids is 2. The third-order valence-electron chi connectivity index (χ3n) is 3.10. The second-order valence-corrected chi connectivity index (χ2v) is 4.81. The molecule has 3 aromatic rings. The summed E-state index contributed by atoms with van der Waals surface area (Å²) in [5.41, 5.74) is -0.274. The molecule has 2 amide bonds. The zero-order valence-corrected chi connectivity index (χ0v) is 12.8. The molecule has 10 nitrogen and oxygen atoms in total. The van der Waals surface area contributed by atoms with Crippen LogP contribution in [0.5, 0.6) is 0 Å². The minimum absolute atomic E-state index is 0.0110. The number of oxazole rings is 1. The number of hydrogen-bond acceptors (Lipinski definition) is 7. The molecule has 0 aliphatic carbocycles. The van der Waals surface area contributed by atoms with E-state index in [1.165, 1.54) is 35.3 Å². The summed E-state index contributed by atoms with van der Waals surface area (Å²) < 4.78 is 11.2. The fraction of sp³-hybridized carbons (Fsp3) is 0.133. The van der Waals surface area contributed by atoms with E-state index < -0.39 is 11.8 Å². The van der Waals surface area contributed by atoms with Crippen molar-refractivity contribution in [2.75, 3.05) is 11.9 Å². The average molecular weight is 343 g/mol. The van der Waals surface area contributed by atoms with Gasteiger partial charge in [0.25, 0.3) is 17.4 Å². The number of hydrogen-bond donors (Lipinski definition) is 2.